The molecule has 6 nitrogen and oxygen atoms in total. The molecule has 1 N–H and O–H groups in total. The van der Waals surface area contributed by atoms with Gasteiger partial charge in [0.25, 0.3) is 0 Å². The van der Waals surface area contributed by atoms with Gasteiger partial charge in [-0.2, -0.15) is 0 Å². The van der Waals surface area contributed by atoms with E-state index in [4.69, 9.17) is 23.2 Å². The van der Waals surface area contributed by atoms with Crippen LogP contribution in [0.25, 0.3) is 0 Å². The van der Waals surface area contributed by atoms with E-state index in [-0.39, 0.29) is 35.3 Å². The maximum Gasteiger partial charge on any atom is 0.304 e. The van der Waals surface area contributed by atoms with Gasteiger partial charge in [-0.05, 0) is 60.4 Å². The summed E-state index contributed by atoms with van der Waals surface area (Å²) >= 11 is 12.6. The second kappa shape index (κ2) is 11.7. The van der Waals surface area contributed by atoms with E-state index in [1.807, 2.05) is 37.3 Å². The van der Waals surface area contributed by atoms with Gasteiger partial charge in [-0.3, -0.25) is 9.59 Å². The lowest BCUT2D eigenvalue weighted by molar-refractivity contribution is -0.160. The second-order valence-corrected chi connectivity index (χ2v) is 13.3. The summed E-state index contributed by atoms with van der Waals surface area (Å²) in [4.78, 5) is 28.1. The number of carboxylic acid groups (broad SMARTS) is 1. The first-order chi connectivity index (χ1) is 18.4. The fraction of sp³-hybridized carbons (Fsp3) is 0.333. The summed E-state index contributed by atoms with van der Waals surface area (Å²) in [6.45, 7) is 3.50. The van der Waals surface area contributed by atoms with Crippen molar-refractivity contribution in [3.63, 3.8) is 0 Å². The molecule has 0 bridgehead atoms. The Hall–Kier alpha value is -2.87. The van der Waals surface area contributed by atoms with Crippen LogP contribution in [0.3, 0.4) is 0 Å². The van der Waals surface area contributed by atoms with Crippen molar-refractivity contribution < 1.29 is 23.1 Å². The summed E-state index contributed by atoms with van der Waals surface area (Å²) in [7, 11) is -3.76. The monoisotopic (exact) mass is 587 g/mol. The SMILES string of the molecule is CC[C@@H](CS(=O)(=O)c1ccccc1)N1C(=O)[C@@](C)(CC(=O)O)C[C@H](c2cccc(Cl)c2)[C@H]1c1ccc(Cl)cc1. The molecule has 0 radical (unpaired) electrons. The molecule has 9 heteroatoms. The lowest BCUT2D eigenvalue weighted by Crippen LogP contribution is -2.57. The van der Waals surface area contributed by atoms with Crippen LogP contribution >= 0.6 is 23.2 Å². The molecular formula is C30H31Cl2NO5S. The maximum absolute atomic E-state index is 14.3. The number of nitrogens with zero attached hydrogens (tertiary/aromatic N) is 1. The molecule has 0 spiro atoms. The first-order valence-electron chi connectivity index (χ1n) is 12.8. The Morgan fingerprint density at radius 3 is 2.26 bits per heavy atom. The molecule has 3 aromatic carbocycles. The van der Waals surface area contributed by atoms with E-state index in [0.717, 1.165) is 11.1 Å². The zero-order valence-corrected chi connectivity index (χ0v) is 24.1. The van der Waals surface area contributed by atoms with Gasteiger partial charge in [0.2, 0.25) is 5.91 Å². The van der Waals surface area contributed by atoms with E-state index in [9.17, 15) is 23.1 Å². The van der Waals surface area contributed by atoms with Crippen LogP contribution < -0.4 is 0 Å². The number of likely N-dealkylation sites (tertiary alicyclic amines) is 1. The van der Waals surface area contributed by atoms with Crippen molar-refractivity contribution >= 4 is 44.9 Å². The number of piperidine rings is 1. The Balaban J connectivity index is 1.90. The minimum atomic E-state index is -3.76. The summed E-state index contributed by atoms with van der Waals surface area (Å²) in [5, 5.41) is 10.8. The van der Waals surface area contributed by atoms with Crippen molar-refractivity contribution in [3.05, 3.63) is 100 Å². The van der Waals surface area contributed by atoms with Crippen LogP contribution in [0, 0.1) is 5.41 Å². The average Bonchev–Trinajstić information content (AvgIpc) is 2.89. The van der Waals surface area contributed by atoms with Crippen LogP contribution in [0.4, 0.5) is 0 Å². The number of benzene rings is 3. The largest absolute Gasteiger partial charge is 0.481 e. The minimum Gasteiger partial charge on any atom is -0.481 e. The van der Waals surface area contributed by atoms with Gasteiger partial charge in [0.05, 0.1) is 28.5 Å². The summed E-state index contributed by atoms with van der Waals surface area (Å²) in [6.07, 6.45) is 0.228. The third-order valence-electron chi connectivity index (χ3n) is 7.51. The second-order valence-electron chi connectivity index (χ2n) is 10.4. The van der Waals surface area contributed by atoms with Crippen molar-refractivity contribution in [2.24, 2.45) is 5.41 Å². The summed E-state index contributed by atoms with van der Waals surface area (Å²) < 4.78 is 27.0. The van der Waals surface area contributed by atoms with Crippen LogP contribution in [0.1, 0.15) is 56.2 Å². The van der Waals surface area contributed by atoms with Crippen LogP contribution in [-0.4, -0.2) is 42.1 Å². The van der Waals surface area contributed by atoms with Gasteiger partial charge in [-0.1, -0.05) is 79.5 Å². The number of carboxylic acids is 1. The molecule has 0 aliphatic carbocycles. The zero-order chi connectivity index (χ0) is 28.4. The number of rotatable bonds is 9. The van der Waals surface area contributed by atoms with Crippen LogP contribution in [0.2, 0.25) is 10.0 Å². The van der Waals surface area contributed by atoms with E-state index in [0.29, 0.717) is 16.5 Å². The molecule has 0 unspecified atom stereocenters. The highest BCUT2D eigenvalue weighted by atomic mass is 35.5. The maximum atomic E-state index is 14.3. The number of hydrogen-bond acceptors (Lipinski definition) is 4. The first kappa shape index (κ1) is 29.1. The molecule has 4 atom stereocenters. The highest BCUT2D eigenvalue weighted by Crippen LogP contribution is 2.52. The highest BCUT2D eigenvalue weighted by Gasteiger charge is 2.52. The highest BCUT2D eigenvalue weighted by molar-refractivity contribution is 7.91. The third-order valence-corrected chi connectivity index (χ3v) is 9.81. The molecule has 3 aromatic rings. The summed E-state index contributed by atoms with van der Waals surface area (Å²) in [5.41, 5.74) is 0.370. The molecule has 1 aliphatic heterocycles. The number of carbonyl (C=O) groups excluding carboxylic acids is 1. The van der Waals surface area contributed by atoms with E-state index in [1.54, 1.807) is 60.4 Å². The number of halogens is 2. The fourth-order valence-corrected chi connectivity index (χ4v) is 7.64. The van der Waals surface area contributed by atoms with Gasteiger partial charge in [0, 0.05) is 22.0 Å². The predicted molar refractivity (Wildman–Crippen MR) is 153 cm³/mol. The molecule has 0 aromatic heterocycles. The smallest absolute Gasteiger partial charge is 0.304 e. The zero-order valence-electron chi connectivity index (χ0n) is 21.8. The molecule has 206 valence electrons. The predicted octanol–water partition coefficient (Wildman–Crippen LogP) is 6.78. The summed E-state index contributed by atoms with van der Waals surface area (Å²) in [5.74, 6) is -2.11. The van der Waals surface area contributed by atoms with E-state index < -0.39 is 33.3 Å². The molecule has 39 heavy (non-hydrogen) atoms. The van der Waals surface area contributed by atoms with Crippen LogP contribution in [0.15, 0.2) is 83.8 Å². The Morgan fingerprint density at radius 2 is 1.67 bits per heavy atom. The number of amides is 1. The van der Waals surface area contributed by atoms with Crippen LogP contribution in [-0.2, 0) is 19.4 Å². The van der Waals surface area contributed by atoms with E-state index in [2.05, 4.69) is 0 Å². The van der Waals surface area contributed by atoms with E-state index >= 15 is 0 Å². The minimum absolute atomic E-state index is 0.177. The van der Waals surface area contributed by atoms with Gasteiger partial charge in [-0.25, -0.2) is 8.42 Å². The summed E-state index contributed by atoms with van der Waals surface area (Å²) in [6, 6.07) is 21.3. The quantitative estimate of drug-likeness (QED) is 0.298. The third kappa shape index (κ3) is 6.32. The Labute approximate surface area is 239 Å². The van der Waals surface area contributed by atoms with Gasteiger partial charge in [-0.15, -0.1) is 0 Å². The van der Waals surface area contributed by atoms with Crippen LogP contribution in [0.5, 0.6) is 0 Å². The Morgan fingerprint density at radius 1 is 1.00 bits per heavy atom. The topological polar surface area (TPSA) is 91.8 Å². The number of aliphatic carboxylic acids is 1. The Bertz CT molecular complexity index is 1450. The van der Waals surface area contributed by atoms with Gasteiger partial charge in [0.1, 0.15) is 0 Å². The number of sulfone groups is 1. The number of carbonyl (C=O) groups is 2. The van der Waals surface area contributed by atoms with Crippen molar-refractivity contribution in [3.8, 4) is 0 Å². The van der Waals surface area contributed by atoms with Gasteiger partial charge < -0.3 is 10.0 Å². The average molecular weight is 589 g/mol. The molecule has 0 saturated carbocycles. The lowest BCUT2D eigenvalue weighted by atomic mass is 9.67. The normalized spacial score (nSPS) is 22.5. The molecule has 1 saturated heterocycles. The van der Waals surface area contributed by atoms with Crippen molar-refractivity contribution in [1.82, 2.24) is 4.90 Å². The van der Waals surface area contributed by atoms with E-state index in [1.165, 1.54) is 0 Å². The molecule has 1 aliphatic rings. The molecule has 4 rings (SSSR count). The van der Waals surface area contributed by atoms with Crippen molar-refractivity contribution in [2.75, 3.05) is 5.75 Å². The molecule has 1 amide bonds. The van der Waals surface area contributed by atoms with Gasteiger partial charge >= 0.3 is 5.97 Å². The van der Waals surface area contributed by atoms with Crippen molar-refractivity contribution in [2.45, 2.75) is 56.0 Å². The van der Waals surface area contributed by atoms with Crippen molar-refractivity contribution in [1.29, 1.82) is 0 Å². The molecule has 1 heterocycles. The molecular weight excluding hydrogens is 557 g/mol. The lowest BCUT2D eigenvalue weighted by Gasteiger charge is -2.51. The van der Waals surface area contributed by atoms with Gasteiger partial charge in [0.15, 0.2) is 9.84 Å². The fourth-order valence-electron chi connectivity index (χ4n) is 5.65. The number of hydrogen-bond donors (Lipinski definition) is 1. The Kier molecular flexibility index (Phi) is 8.74. The standard InChI is InChI=1S/C30H31Cl2NO5S/c1-3-24(19-39(37,38)25-10-5-4-6-11-25)33-28(20-12-14-22(31)15-13-20)26(21-8-7-9-23(32)16-21)17-30(2,29(33)36)18-27(34)35/h4-16,24,26,28H,3,17-19H2,1-2H3,(H,34,35)/t24-,26+,28+,30+/m0/s1. The molecule has 1 fully saturated rings. The first-order valence-corrected chi connectivity index (χ1v) is 15.2.